The van der Waals surface area contributed by atoms with Crippen LogP contribution in [-0.4, -0.2) is 22.6 Å². The fourth-order valence-corrected chi connectivity index (χ4v) is 1.53. The average Bonchev–Trinajstić information content (AvgIpc) is 2.65. The first-order valence-corrected chi connectivity index (χ1v) is 5.59. The Morgan fingerprint density at radius 3 is 2.93 bits per heavy atom. The Balaban J connectivity index is 2.17. The van der Waals surface area contributed by atoms with Gasteiger partial charge in [-0.1, -0.05) is 6.92 Å². The Labute approximate surface area is 86.5 Å². The van der Waals surface area contributed by atoms with Crippen molar-refractivity contribution in [3.8, 4) is 0 Å². The van der Waals surface area contributed by atoms with E-state index in [0.717, 1.165) is 26.1 Å². The molecule has 3 nitrogen and oxygen atoms in total. The van der Waals surface area contributed by atoms with Crippen molar-refractivity contribution in [2.45, 2.75) is 39.7 Å². The van der Waals surface area contributed by atoms with Crippen LogP contribution in [-0.2, 0) is 13.0 Å². The number of hydrogen-bond donors (Lipinski definition) is 1. The van der Waals surface area contributed by atoms with E-state index in [1.165, 1.54) is 18.7 Å². The maximum atomic E-state index is 4.34. The molecule has 3 heteroatoms. The molecule has 0 aliphatic rings. The third-order valence-electron chi connectivity index (χ3n) is 2.32. The Morgan fingerprint density at radius 1 is 1.36 bits per heavy atom. The molecule has 1 heterocycles. The second kappa shape index (κ2) is 6.60. The Hall–Kier alpha value is -0.830. The third-order valence-corrected chi connectivity index (χ3v) is 2.32. The molecule has 0 radical (unpaired) electrons. The monoisotopic (exact) mass is 195 g/mol. The molecular weight excluding hydrogens is 174 g/mol. The highest BCUT2D eigenvalue weighted by atomic mass is 15.0. The van der Waals surface area contributed by atoms with Crippen molar-refractivity contribution in [1.29, 1.82) is 0 Å². The van der Waals surface area contributed by atoms with Crippen molar-refractivity contribution in [1.82, 2.24) is 14.9 Å². The zero-order chi connectivity index (χ0) is 10.2. The molecule has 0 saturated heterocycles. The van der Waals surface area contributed by atoms with Gasteiger partial charge in [0.15, 0.2) is 0 Å². The van der Waals surface area contributed by atoms with Gasteiger partial charge in [-0.15, -0.1) is 0 Å². The van der Waals surface area contributed by atoms with E-state index in [9.17, 15) is 0 Å². The number of rotatable bonds is 7. The molecule has 1 aromatic rings. The van der Waals surface area contributed by atoms with Crippen molar-refractivity contribution in [2.75, 3.05) is 13.1 Å². The molecule has 0 aliphatic heterocycles. The maximum Gasteiger partial charge on any atom is 0.108 e. The molecule has 80 valence electrons. The van der Waals surface area contributed by atoms with Gasteiger partial charge in [-0.25, -0.2) is 4.98 Å². The van der Waals surface area contributed by atoms with E-state index in [1.807, 2.05) is 6.20 Å². The molecule has 1 rings (SSSR count). The molecule has 0 spiro atoms. The van der Waals surface area contributed by atoms with Gasteiger partial charge in [0, 0.05) is 25.4 Å². The molecule has 0 aromatic carbocycles. The highest BCUT2D eigenvalue weighted by molar-refractivity contribution is 4.92. The summed E-state index contributed by atoms with van der Waals surface area (Å²) in [5, 5.41) is 3.40. The van der Waals surface area contributed by atoms with Crippen LogP contribution < -0.4 is 5.32 Å². The number of aromatic nitrogens is 2. The van der Waals surface area contributed by atoms with Crippen LogP contribution in [0.4, 0.5) is 0 Å². The molecule has 0 aliphatic carbocycles. The summed E-state index contributed by atoms with van der Waals surface area (Å²) in [6.07, 6.45) is 7.41. The lowest BCUT2D eigenvalue weighted by Crippen LogP contribution is -2.17. The van der Waals surface area contributed by atoms with Crippen LogP contribution in [0.3, 0.4) is 0 Å². The van der Waals surface area contributed by atoms with Gasteiger partial charge in [-0.3, -0.25) is 0 Å². The predicted molar refractivity (Wildman–Crippen MR) is 59.4 cm³/mol. The number of nitrogens with zero attached hydrogens (tertiary/aromatic N) is 2. The first kappa shape index (κ1) is 11.2. The average molecular weight is 195 g/mol. The number of imidazole rings is 1. The largest absolute Gasteiger partial charge is 0.335 e. The van der Waals surface area contributed by atoms with E-state index < -0.39 is 0 Å². The van der Waals surface area contributed by atoms with E-state index in [-0.39, 0.29) is 0 Å². The molecule has 0 amide bonds. The number of hydrogen-bond acceptors (Lipinski definition) is 2. The van der Waals surface area contributed by atoms with Gasteiger partial charge in [0.25, 0.3) is 0 Å². The van der Waals surface area contributed by atoms with E-state index in [4.69, 9.17) is 0 Å². The zero-order valence-corrected chi connectivity index (χ0v) is 9.29. The smallest absolute Gasteiger partial charge is 0.108 e. The third kappa shape index (κ3) is 3.50. The second-order valence-corrected chi connectivity index (χ2v) is 3.48. The fraction of sp³-hybridized carbons (Fsp3) is 0.727. The summed E-state index contributed by atoms with van der Waals surface area (Å²) in [4.78, 5) is 4.34. The first-order chi connectivity index (χ1) is 6.88. The highest BCUT2D eigenvalue weighted by Gasteiger charge is 1.99. The van der Waals surface area contributed by atoms with E-state index in [0.29, 0.717) is 0 Å². The van der Waals surface area contributed by atoms with E-state index >= 15 is 0 Å². The van der Waals surface area contributed by atoms with E-state index in [1.54, 1.807) is 0 Å². The summed E-state index contributed by atoms with van der Waals surface area (Å²) < 4.78 is 2.21. The standard InChI is InChI=1S/C11H21N3/c1-3-7-12-8-5-6-11-13-9-10-14(11)4-2/h9-10,12H,3-8H2,1-2H3. The van der Waals surface area contributed by atoms with Crippen LogP contribution in [0, 0.1) is 0 Å². The van der Waals surface area contributed by atoms with Crippen LogP contribution in [0.1, 0.15) is 32.5 Å². The lowest BCUT2D eigenvalue weighted by molar-refractivity contribution is 0.611. The van der Waals surface area contributed by atoms with Crippen LogP contribution in [0.25, 0.3) is 0 Å². The molecule has 0 fully saturated rings. The summed E-state index contributed by atoms with van der Waals surface area (Å²) in [6, 6.07) is 0. The van der Waals surface area contributed by atoms with Gasteiger partial charge in [-0.05, 0) is 32.9 Å². The lowest BCUT2D eigenvalue weighted by Gasteiger charge is -2.05. The Bertz CT molecular complexity index is 242. The molecular formula is C11H21N3. The molecule has 0 bridgehead atoms. The molecule has 1 N–H and O–H groups in total. The molecule has 0 unspecified atom stereocenters. The summed E-state index contributed by atoms with van der Waals surface area (Å²) in [7, 11) is 0. The van der Waals surface area contributed by atoms with Gasteiger partial charge >= 0.3 is 0 Å². The molecule has 1 aromatic heterocycles. The first-order valence-electron chi connectivity index (χ1n) is 5.59. The van der Waals surface area contributed by atoms with Gasteiger partial charge in [-0.2, -0.15) is 0 Å². The molecule has 0 saturated carbocycles. The van der Waals surface area contributed by atoms with Crippen molar-refractivity contribution in [3.05, 3.63) is 18.2 Å². The summed E-state index contributed by atoms with van der Waals surface area (Å²) in [5.74, 6) is 1.21. The van der Waals surface area contributed by atoms with Crippen LogP contribution in [0.5, 0.6) is 0 Å². The quantitative estimate of drug-likeness (QED) is 0.673. The minimum atomic E-state index is 1.03. The van der Waals surface area contributed by atoms with Gasteiger partial charge < -0.3 is 9.88 Å². The highest BCUT2D eigenvalue weighted by Crippen LogP contribution is 2.00. The predicted octanol–water partition coefficient (Wildman–Crippen LogP) is 1.84. The minimum Gasteiger partial charge on any atom is -0.335 e. The van der Waals surface area contributed by atoms with Gasteiger partial charge in [0.1, 0.15) is 5.82 Å². The van der Waals surface area contributed by atoms with Crippen molar-refractivity contribution >= 4 is 0 Å². The van der Waals surface area contributed by atoms with E-state index in [2.05, 4.69) is 34.9 Å². The minimum absolute atomic E-state index is 1.03. The van der Waals surface area contributed by atoms with Gasteiger partial charge in [0.05, 0.1) is 0 Å². The Morgan fingerprint density at radius 2 is 2.21 bits per heavy atom. The molecule has 0 atom stereocenters. The van der Waals surface area contributed by atoms with Gasteiger partial charge in [0.2, 0.25) is 0 Å². The molecule has 14 heavy (non-hydrogen) atoms. The topological polar surface area (TPSA) is 29.9 Å². The van der Waals surface area contributed by atoms with Crippen LogP contribution in [0.15, 0.2) is 12.4 Å². The second-order valence-electron chi connectivity index (χ2n) is 3.48. The summed E-state index contributed by atoms with van der Waals surface area (Å²) >= 11 is 0. The summed E-state index contributed by atoms with van der Waals surface area (Å²) in [5.41, 5.74) is 0. The lowest BCUT2D eigenvalue weighted by atomic mass is 10.3. The number of aryl methyl sites for hydroxylation is 2. The van der Waals surface area contributed by atoms with Crippen molar-refractivity contribution in [3.63, 3.8) is 0 Å². The van der Waals surface area contributed by atoms with Crippen LogP contribution >= 0.6 is 0 Å². The number of nitrogens with one attached hydrogen (secondary N) is 1. The fourth-order valence-electron chi connectivity index (χ4n) is 1.53. The maximum absolute atomic E-state index is 4.34. The normalized spacial score (nSPS) is 10.7. The Kier molecular flexibility index (Phi) is 5.30. The van der Waals surface area contributed by atoms with Crippen molar-refractivity contribution in [2.24, 2.45) is 0 Å². The SMILES string of the molecule is CCCNCCCc1nccn1CC. The summed E-state index contributed by atoms with van der Waals surface area (Å²) in [6.45, 7) is 7.60. The zero-order valence-electron chi connectivity index (χ0n) is 9.29. The van der Waals surface area contributed by atoms with Crippen LogP contribution in [0.2, 0.25) is 0 Å². The van der Waals surface area contributed by atoms with Crippen molar-refractivity contribution < 1.29 is 0 Å².